The summed E-state index contributed by atoms with van der Waals surface area (Å²) in [6.45, 7) is 1.51. The maximum atomic E-state index is 13.3. The maximum Gasteiger partial charge on any atom is 0.277 e. The predicted octanol–water partition coefficient (Wildman–Crippen LogP) is 1.15. The van der Waals surface area contributed by atoms with E-state index in [0.717, 1.165) is 4.90 Å². The number of ether oxygens (including phenoxy) is 2. The number of methoxy groups -OCH3 is 2. The molecule has 4 N–H and O–H groups in total. The Kier molecular flexibility index (Phi) is 7.19. The molecule has 2 aliphatic heterocycles. The van der Waals surface area contributed by atoms with Crippen molar-refractivity contribution in [3.05, 3.63) is 47.5 Å². The second kappa shape index (κ2) is 10.5. The van der Waals surface area contributed by atoms with Crippen LogP contribution in [0.2, 0.25) is 0 Å². The Morgan fingerprint density at radius 3 is 2.53 bits per heavy atom. The Balaban J connectivity index is 1.61. The van der Waals surface area contributed by atoms with Gasteiger partial charge in [0.15, 0.2) is 5.71 Å². The van der Waals surface area contributed by atoms with Gasteiger partial charge in [0.05, 0.1) is 36.7 Å². The van der Waals surface area contributed by atoms with Crippen molar-refractivity contribution in [1.29, 1.82) is 0 Å². The molecule has 1 unspecified atom stereocenters. The molecule has 0 aromatic heterocycles. The summed E-state index contributed by atoms with van der Waals surface area (Å²) in [7, 11) is 2.96. The van der Waals surface area contributed by atoms with E-state index >= 15 is 0 Å². The van der Waals surface area contributed by atoms with Crippen molar-refractivity contribution in [2.45, 2.75) is 25.8 Å². The van der Waals surface area contributed by atoms with Gasteiger partial charge in [0.1, 0.15) is 23.2 Å². The van der Waals surface area contributed by atoms with E-state index in [0.29, 0.717) is 17.2 Å². The van der Waals surface area contributed by atoms with Crippen LogP contribution in [0, 0.1) is 0 Å². The Morgan fingerprint density at radius 1 is 1.11 bits per heavy atom. The van der Waals surface area contributed by atoms with E-state index in [1.54, 1.807) is 18.2 Å². The number of aliphatic imine (C=N–C) groups is 1. The number of rotatable bonds is 7. The lowest BCUT2D eigenvalue weighted by molar-refractivity contribution is -0.136. The summed E-state index contributed by atoms with van der Waals surface area (Å²) in [6, 6.07) is 8.12. The molecule has 4 rings (SSSR count). The minimum absolute atomic E-state index is 0.00516. The molecule has 5 amide bonds. The van der Waals surface area contributed by atoms with Gasteiger partial charge in [-0.25, -0.2) is 4.99 Å². The van der Waals surface area contributed by atoms with Gasteiger partial charge in [0, 0.05) is 12.5 Å². The van der Waals surface area contributed by atoms with Crippen molar-refractivity contribution in [3.8, 4) is 11.5 Å². The van der Waals surface area contributed by atoms with Crippen LogP contribution >= 0.6 is 0 Å². The second-order valence-corrected chi connectivity index (χ2v) is 8.34. The van der Waals surface area contributed by atoms with Gasteiger partial charge in [-0.1, -0.05) is 6.07 Å². The number of carbonyl (C=O) groups excluding carboxylic acids is 5. The molecule has 2 heterocycles. The molecule has 13 heteroatoms. The van der Waals surface area contributed by atoms with Gasteiger partial charge >= 0.3 is 0 Å². The van der Waals surface area contributed by atoms with E-state index in [9.17, 15) is 24.0 Å². The molecular weight excluding hydrogens is 496 g/mol. The van der Waals surface area contributed by atoms with Gasteiger partial charge in [-0.2, -0.15) is 5.10 Å². The lowest BCUT2D eigenvalue weighted by Crippen LogP contribution is -2.54. The Labute approximate surface area is 216 Å². The third kappa shape index (κ3) is 4.68. The fraction of sp³-hybridized carbons (Fsp3) is 0.240. The molecule has 196 valence electrons. The Hall–Kier alpha value is -5.07. The van der Waals surface area contributed by atoms with Crippen LogP contribution in [0.3, 0.4) is 0 Å². The molecule has 1 atom stereocenters. The van der Waals surface area contributed by atoms with Crippen molar-refractivity contribution < 1.29 is 33.4 Å². The van der Waals surface area contributed by atoms with Gasteiger partial charge in [0.2, 0.25) is 11.8 Å². The highest BCUT2D eigenvalue weighted by atomic mass is 16.5. The number of fused-ring (bicyclic) bond motifs is 1. The average Bonchev–Trinajstić information content (AvgIpc) is 3.15. The highest BCUT2D eigenvalue weighted by molar-refractivity contribution is 6.68. The number of piperidine rings is 1. The molecule has 1 fully saturated rings. The third-order valence-corrected chi connectivity index (χ3v) is 6.08. The summed E-state index contributed by atoms with van der Waals surface area (Å²) in [5.41, 5.74) is 0.197. The van der Waals surface area contributed by atoms with E-state index in [4.69, 9.17) is 15.3 Å². The molecule has 13 nitrogen and oxygen atoms in total. The van der Waals surface area contributed by atoms with Crippen molar-refractivity contribution in [2.24, 2.45) is 15.9 Å². The molecule has 2 aromatic rings. The number of amides is 5. The summed E-state index contributed by atoms with van der Waals surface area (Å²) in [5, 5.41) is 8.27. The quantitative estimate of drug-likeness (QED) is 0.210. The first-order valence-corrected chi connectivity index (χ1v) is 11.4. The first-order chi connectivity index (χ1) is 18.2. The minimum Gasteiger partial charge on any atom is -0.497 e. The monoisotopic (exact) mass is 520 g/mol. The van der Waals surface area contributed by atoms with Crippen molar-refractivity contribution in [1.82, 2.24) is 10.2 Å². The number of imide groups is 2. The number of nitrogens with two attached hydrogens (primary N) is 1. The van der Waals surface area contributed by atoms with Gasteiger partial charge in [-0.05, 0) is 37.6 Å². The number of carbonyl (C=O) groups is 5. The molecule has 0 aliphatic carbocycles. The molecule has 0 radical (unpaired) electrons. The van der Waals surface area contributed by atoms with E-state index in [1.165, 1.54) is 39.3 Å². The molecular formula is C25H24N6O7. The normalized spacial score (nSPS) is 17.8. The number of anilines is 1. The fourth-order valence-corrected chi connectivity index (χ4v) is 4.23. The summed E-state index contributed by atoms with van der Waals surface area (Å²) < 4.78 is 10.5. The van der Waals surface area contributed by atoms with E-state index in [1.807, 2.05) is 0 Å². The lowest BCUT2D eigenvalue weighted by Gasteiger charge is -2.27. The summed E-state index contributed by atoms with van der Waals surface area (Å²) in [4.78, 5) is 68.5. The highest BCUT2D eigenvalue weighted by Gasteiger charge is 2.45. The topological polar surface area (TPSA) is 182 Å². The van der Waals surface area contributed by atoms with Crippen LogP contribution in [0.15, 0.2) is 46.5 Å². The van der Waals surface area contributed by atoms with Crippen LogP contribution in [-0.4, -0.2) is 66.1 Å². The van der Waals surface area contributed by atoms with E-state index < -0.39 is 35.6 Å². The van der Waals surface area contributed by atoms with Crippen LogP contribution in [0.1, 0.15) is 40.5 Å². The summed E-state index contributed by atoms with van der Waals surface area (Å²) >= 11 is 0. The van der Waals surface area contributed by atoms with Crippen LogP contribution in [-0.2, 0) is 14.4 Å². The van der Waals surface area contributed by atoms with Crippen LogP contribution in [0.25, 0.3) is 0 Å². The number of nitrogens with one attached hydrogen (secondary N) is 2. The zero-order chi connectivity index (χ0) is 27.6. The molecule has 2 aliphatic rings. The second-order valence-electron chi connectivity index (χ2n) is 8.34. The van der Waals surface area contributed by atoms with Crippen LogP contribution in [0.5, 0.6) is 11.5 Å². The van der Waals surface area contributed by atoms with Crippen LogP contribution in [0.4, 0.5) is 11.4 Å². The van der Waals surface area contributed by atoms with Crippen molar-refractivity contribution in [3.63, 3.8) is 0 Å². The molecule has 0 spiro atoms. The van der Waals surface area contributed by atoms with Gasteiger partial charge < -0.3 is 20.6 Å². The number of nitrogens with zero attached hydrogens (tertiary/aromatic N) is 3. The lowest BCUT2D eigenvalue weighted by atomic mass is 10.0. The summed E-state index contributed by atoms with van der Waals surface area (Å²) in [6.07, 6.45) is -0.00832. The molecule has 38 heavy (non-hydrogen) atoms. The van der Waals surface area contributed by atoms with E-state index in [-0.39, 0.29) is 41.1 Å². The standard InChI is InChI=1S/C25H24N6O7/c1-12(27-16-11-13(37-2)7-9-18(16)38-3)21(30-26)23(34)28-15-6-4-5-14-20(15)25(36)31(24(14)35)17-8-10-19(32)29-22(17)33/h4-7,9,11,17H,8,10,26H2,1-3H3,(H,28,34)(H,29,32,33)/b27-12?,30-21+. The molecule has 1 saturated heterocycles. The Morgan fingerprint density at radius 2 is 1.87 bits per heavy atom. The predicted molar refractivity (Wildman–Crippen MR) is 136 cm³/mol. The van der Waals surface area contributed by atoms with Gasteiger partial charge in [-0.3, -0.25) is 34.2 Å². The maximum absolute atomic E-state index is 13.3. The zero-order valence-corrected chi connectivity index (χ0v) is 20.7. The van der Waals surface area contributed by atoms with E-state index in [2.05, 4.69) is 20.7 Å². The summed E-state index contributed by atoms with van der Waals surface area (Å²) in [5.74, 6) is 2.96. The minimum atomic E-state index is -1.14. The fourth-order valence-electron chi connectivity index (χ4n) is 4.23. The van der Waals surface area contributed by atoms with Crippen LogP contribution < -0.4 is 25.9 Å². The van der Waals surface area contributed by atoms with Crippen molar-refractivity contribution >= 4 is 52.3 Å². The average molecular weight is 521 g/mol. The number of hydrazone groups is 1. The van der Waals surface area contributed by atoms with Crippen molar-refractivity contribution in [2.75, 3.05) is 19.5 Å². The van der Waals surface area contributed by atoms with Gasteiger partial charge in [-0.15, -0.1) is 0 Å². The SMILES string of the molecule is COc1ccc(OC)c(N=C(C)/C(=N\N)C(=O)Nc2cccc3c2C(=O)N(C2CCC(=O)NC2=O)C3=O)c1. The number of benzene rings is 2. The molecule has 0 saturated carbocycles. The Bertz CT molecular complexity index is 1430. The highest BCUT2D eigenvalue weighted by Crippen LogP contribution is 2.33. The first-order valence-electron chi connectivity index (χ1n) is 11.4. The first kappa shape index (κ1) is 26.0. The third-order valence-electron chi connectivity index (χ3n) is 6.08. The number of hydrogen-bond donors (Lipinski definition) is 3. The molecule has 2 aromatic carbocycles. The smallest absolute Gasteiger partial charge is 0.277 e. The number of hydrogen-bond acceptors (Lipinski definition) is 10. The zero-order valence-electron chi connectivity index (χ0n) is 20.7. The largest absolute Gasteiger partial charge is 0.497 e. The molecule has 0 bridgehead atoms. The van der Waals surface area contributed by atoms with Gasteiger partial charge in [0.25, 0.3) is 17.7 Å².